The molecule has 0 radical (unpaired) electrons. The Morgan fingerprint density at radius 1 is 1.38 bits per heavy atom. The molecule has 1 fully saturated rings. The first-order valence-electron chi connectivity index (χ1n) is 7.98. The van der Waals surface area contributed by atoms with Crippen LogP contribution in [0.5, 0.6) is 0 Å². The first-order chi connectivity index (χ1) is 10.2. The van der Waals surface area contributed by atoms with Crippen LogP contribution in [0.4, 0.5) is 0 Å². The van der Waals surface area contributed by atoms with Crippen molar-refractivity contribution in [1.29, 1.82) is 0 Å². The quantitative estimate of drug-likeness (QED) is 0.920. The van der Waals surface area contributed by atoms with E-state index in [2.05, 4.69) is 31.1 Å². The van der Waals surface area contributed by atoms with E-state index in [-0.39, 0.29) is 18.1 Å². The van der Waals surface area contributed by atoms with E-state index >= 15 is 0 Å². The third kappa shape index (κ3) is 2.70. The SMILES string of the molecule is CCC1OCCC1C(O)Cc1nn(CC)c2ccccc12. The molecule has 3 unspecified atom stereocenters. The van der Waals surface area contributed by atoms with Crippen LogP contribution in [-0.4, -0.2) is 33.7 Å². The lowest BCUT2D eigenvalue weighted by Gasteiger charge is -2.22. The van der Waals surface area contributed by atoms with Gasteiger partial charge in [-0.2, -0.15) is 5.10 Å². The lowest BCUT2D eigenvalue weighted by Crippen LogP contribution is -2.29. The summed E-state index contributed by atoms with van der Waals surface area (Å²) in [4.78, 5) is 0. The van der Waals surface area contributed by atoms with Crippen molar-refractivity contribution in [3.05, 3.63) is 30.0 Å². The molecule has 21 heavy (non-hydrogen) atoms. The van der Waals surface area contributed by atoms with Crippen molar-refractivity contribution < 1.29 is 9.84 Å². The normalized spacial score (nSPS) is 23.8. The third-order valence-electron chi connectivity index (χ3n) is 4.59. The summed E-state index contributed by atoms with van der Waals surface area (Å²) in [5.41, 5.74) is 2.15. The fourth-order valence-corrected chi connectivity index (χ4v) is 3.46. The summed E-state index contributed by atoms with van der Waals surface area (Å²) in [7, 11) is 0. The predicted octanol–water partition coefficient (Wildman–Crippen LogP) is 2.77. The summed E-state index contributed by atoms with van der Waals surface area (Å²) in [6.45, 7) is 5.83. The third-order valence-corrected chi connectivity index (χ3v) is 4.59. The van der Waals surface area contributed by atoms with Gasteiger partial charge in [0.05, 0.1) is 23.4 Å². The minimum atomic E-state index is -0.374. The highest BCUT2D eigenvalue weighted by molar-refractivity contribution is 5.82. The molecule has 1 aliphatic rings. The number of aryl methyl sites for hydroxylation is 1. The molecule has 3 rings (SSSR count). The summed E-state index contributed by atoms with van der Waals surface area (Å²) in [5.74, 6) is 0.237. The maximum absolute atomic E-state index is 10.6. The zero-order valence-electron chi connectivity index (χ0n) is 12.8. The fraction of sp³-hybridized carbons (Fsp3) is 0.588. The molecule has 1 aromatic heterocycles. The van der Waals surface area contributed by atoms with Crippen LogP contribution in [0.3, 0.4) is 0 Å². The summed E-state index contributed by atoms with van der Waals surface area (Å²) >= 11 is 0. The van der Waals surface area contributed by atoms with Crippen molar-refractivity contribution in [1.82, 2.24) is 9.78 Å². The first kappa shape index (κ1) is 14.5. The minimum Gasteiger partial charge on any atom is -0.392 e. The van der Waals surface area contributed by atoms with E-state index in [0.29, 0.717) is 6.42 Å². The summed E-state index contributed by atoms with van der Waals surface area (Å²) in [6.07, 6.45) is 2.34. The van der Waals surface area contributed by atoms with E-state index in [4.69, 9.17) is 4.74 Å². The number of para-hydroxylation sites is 1. The number of benzene rings is 1. The van der Waals surface area contributed by atoms with Gasteiger partial charge in [0, 0.05) is 30.9 Å². The topological polar surface area (TPSA) is 47.3 Å². The first-order valence-corrected chi connectivity index (χ1v) is 7.98. The number of aliphatic hydroxyl groups excluding tert-OH is 1. The molecule has 4 heteroatoms. The Bertz CT molecular complexity index is 608. The second-order valence-electron chi connectivity index (χ2n) is 5.82. The number of hydrogen-bond acceptors (Lipinski definition) is 3. The second kappa shape index (κ2) is 6.16. The number of rotatable bonds is 5. The van der Waals surface area contributed by atoms with E-state index in [1.165, 1.54) is 0 Å². The van der Waals surface area contributed by atoms with Gasteiger partial charge in [0.25, 0.3) is 0 Å². The van der Waals surface area contributed by atoms with Gasteiger partial charge in [-0.3, -0.25) is 4.68 Å². The largest absolute Gasteiger partial charge is 0.392 e. The van der Waals surface area contributed by atoms with Crippen molar-refractivity contribution in [3.8, 4) is 0 Å². The average Bonchev–Trinajstić information content (AvgIpc) is 3.12. The molecule has 0 spiro atoms. The monoisotopic (exact) mass is 288 g/mol. The van der Waals surface area contributed by atoms with Gasteiger partial charge in [-0.1, -0.05) is 25.1 Å². The molecule has 2 heterocycles. The fourth-order valence-electron chi connectivity index (χ4n) is 3.46. The molecule has 0 bridgehead atoms. The molecule has 4 nitrogen and oxygen atoms in total. The Morgan fingerprint density at radius 3 is 2.95 bits per heavy atom. The number of aliphatic hydroxyl groups is 1. The number of hydrogen-bond donors (Lipinski definition) is 1. The van der Waals surface area contributed by atoms with E-state index in [1.807, 2.05) is 16.8 Å². The van der Waals surface area contributed by atoms with Crippen LogP contribution >= 0.6 is 0 Å². The highest BCUT2D eigenvalue weighted by atomic mass is 16.5. The molecule has 1 aromatic carbocycles. The molecule has 3 atom stereocenters. The van der Waals surface area contributed by atoms with Crippen LogP contribution in [-0.2, 0) is 17.7 Å². The van der Waals surface area contributed by atoms with Gasteiger partial charge in [-0.05, 0) is 25.8 Å². The minimum absolute atomic E-state index is 0.194. The van der Waals surface area contributed by atoms with Gasteiger partial charge < -0.3 is 9.84 Å². The van der Waals surface area contributed by atoms with Crippen LogP contribution in [0.15, 0.2) is 24.3 Å². The second-order valence-corrected chi connectivity index (χ2v) is 5.82. The zero-order chi connectivity index (χ0) is 14.8. The number of ether oxygens (including phenoxy) is 1. The van der Waals surface area contributed by atoms with Crippen LogP contribution in [0.25, 0.3) is 10.9 Å². The Labute approximate surface area is 125 Å². The van der Waals surface area contributed by atoms with Gasteiger partial charge >= 0.3 is 0 Å². The molecule has 114 valence electrons. The predicted molar refractivity (Wildman–Crippen MR) is 83.3 cm³/mol. The van der Waals surface area contributed by atoms with Gasteiger partial charge in [-0.25, -0.2) is 0 Å². The molecule has 0 amide bonds. The van der Waals surface area contributed by atoms with E-state index < -0.39 is 0 Å². The van der Waals surface area contributed by atoms with Crippen LogP contribution in [0.2, 0.25) is 0 Å². The molecule has 2 aromatic rings. The van der Waals surface area contributed by atoms with Crippen LogP contribution in [0.1, 0.15) is 32.4 Å². The smallest absolute Gasteiger partial charge is 0.0729 e. The number of nitrogens with zero attached hydrogens (tertiary/aromatic N) is 2. The van der Waals surface area contributed by atoms with Gasteiger partial charge in [0.1, 0.15) is 0 Å². The van der Waals surface area contributed by atoms with Crippen molar-refractivity contribution in [2.45, 2.75) is 51.9 Å². The molecule has 1 aliphatic heterocycles. The van der Waals surface area contributed by atoms with Gasteiger partial charge in [0.2, 0.25) is 0 Å². The van der Waals surface area contributed by atoms with Gasteiger partial charge in [-0.15, -0.1) is 0 Å². The Morgan fingerprint density at radius 2 is 2.19 bits per heavy atom. The van der Waals surface area contributed by atoms with Crippen molar-refractivity contribution in [2.24, 2.45) is 5.92 Å². The highest BCUT2D eigenvalue weighted by Crippen LogP contribution is 2.29. The molecular weight excluding hydrogens is 264 g/mol. The molecule has 1 N–H and O–H groups in total. The highest BCUT2D eigenvalue weighted by Gasteiger charge is 2.33. The lowest BCUT2D eigenvalue weighted by atomic mass is 9.90. The van der Waals surface area contributed by atoms with Crippen LogP contribution < -0.4 is 0 Å². The average molecular weight is 288 g/mol. The molecular formula is C17H24N2O2. The number of aromatic nitrogens is 2. The van der Waals surface area contributed by atoms with Crippen molar-refractivity contribution in [3.63, 3.8) is 0 Å². The van der Waals surface area contributed by atoms with Crippen molar-refractivity contribution >= 4 is 10.9 Å². The Kier molecular flexibility index (Phi) is 4.27. The lowest BCUT2D eigenvalue weighted by molar-refractivity contribution is 0.0314. The molecule has 1 saturated heterocycles. The summed E-state index contributed by atoms with van der Waals surface area (Å²) in [5, 5.41) is 16.5. The standard InChI is InChI=1S/C17H24N2O2/c1-3-17-13(9-10-21-17)16(20)11-14-12-7-5-6-8-15(12)19(4-2)18-14/h5-8,13,16-17,20H,3-4,9-11H2,1-2H3. The molecule has 0 aliphatic carbocycles. The van der Waals surface area contributed by atoms with Gasteiger partial charge in [0.15, 0.2) is 0 Å². The van der Waals surface area contributed by atoms with E-state index in [9.17, 15) is 5.11 Å². The Balaban J connectivity index is 1.84. The van der Waals surface area contributed by atoms with E-state index in [0.717, 1.165) is 42.6 Å². The summed E-state index contributed by atoms with van der Waals surface area (Å²) < 4.78 is 7.72. The number of fused-ring (bicyclic) bond motifs is 1. The summed E-state index contributed by atoms with van der Waals surface area (Å²) in [6, 6.07) is 8.26. The van der Waals surface area contributed by atoms with Crippen molar-refractivity contribution in [2.75, 3.05) is 6.61 Å². The van der Waals surface area contributed by atoms with Crippen LogP contribution in [0, 0.1) is 5.92 Å². The Hall–Kier alpha value is -1.39. The maximum Gasteiger partial charge on any atom is 0.0729 e. The van der Waals surface area contributed by atoms with E-state index in [1.54, 1.807) is 0 Å². The molecule has 0 saturated carbocycles. The zero-order valence-corrected chi connectivity index (χ0v) is 12.8. The maximum atomic E-state index is 10.6.